The van der Waals surface area contributed by atoms with Crippen molar-refractivity contribution in [2.45, 2.75) is 6.61 Å². The molecule has 0 saturated carbocycles. The summed E-state index contributed by atoms with van der Waals surface area (Å²) in [5, 5.41) is 0. The Bertz CT molecular complexity index is 440. The maximum absolute atomic E-state index is 12.6. The molecular weight excluding hydrogens is 219 g/mol. The Morgan fingerprint density at radius 1 is 0.882 bits per heavy atom. The summed E-state index contributed by atoms with van der Waals surface area (Å²) < 4.78 is 23.3. The standard InChI is InChI=1S/C14H13FO2/c15-13-8-6-12(7-9-13)10-16-11-17-14-4-2-1-3-5-14/h1-9H,10-11H2. The van der Waals surface area contributed by atoms with Crippen molar-refractivity contribution < 1.29 is 13.9 Å². The first kappa shape index (κ1) is 11.6. The predicted molar refractivity (Wildman–Crippen MR) is 63.1 cm³/mol. The topological polar surface area (TPSA) is 18.5 Å². The molecule has 0 unspecified atom stereocenters. The van der Waals surface area contributed by atoms with Gasteiger partial charge < -0.3 is 9.47 Å². The zero-order chi connectivity index (χ0) is 11.9. The van der Waals surface area contributed by atoms with E-state index in [2.05, 4.69) is 0 Å². The number of hydrogen-bond donors (Lipinski definition) is 0. The first-order valence-electron chi connectivity index (χ1n) is 5.34. The molecule has 0 aliphatic carbocycles. The van der Waals surface area contributed by atoms with Gasteiger partial charge in [-0.2, -0.15) is 0 Å². The molecule has 0 heterocycles. The van der Waals surface area contributed by atoms with Crippen LogP contribution in [0, 0.1) is 5.82 Å². The highest BCUT2D eigenvalue weighted by atomic mass is 19.1. The lowest BCUT2D eigenvalue weighted by Gasteiger charge is -2.06. The third-order valence-electron chi connectivity index (χ3n) is 2.23. The van der Waals surface area contributed by atoms with Gasteiger partial charge in [0.15, 0.2) is 6.79 Å². The van der Waals surface area contributed by atoms with E-state index in [4.69, 9.17) is 9.47 Å². The first-order chi connectivity index (χ1) is 8.34. The maximum atomic E-state index is 12.6. The zero-order valence-corrected chi connectivity index (χ0v) is 9.30. The summed E-state index contributed by atoms with van der Waals surface area (Å²) in [6, 6.07) is 15.7. The molecule has 2 aromatic rings. The summed E-state index contributed by atoms with van der Waals surface area (Å²) in [6.07, 6.45) is 0. The highest BCUT2D eigenvalue weighted by Gasteiger charge is 1.95. The van der Waals surface area contributed by atoms with Crippen molar-refractivity contribution in [3.63, 3.8) is 0 Å². The van der Waals surface area contributed by atoms with E-state index < -0.39 is 0 Å². The van der Waals surface area contributed by atoms with E-state index in [0.717, 1.165) is 11.3 Å². The third-order valence-corrected chi connectivity index (χ3v) is 2.23. The third kappa shape index (κ3) is 3.89. The van der Waals surface area contributed by atoms with Crippen LogP contribution in [0.5, 0.6) is 5.75 Å². The van der Waals surface area contributed by atoms with Crippen LogP contribution in [0.15, 0.2) is 54.6 Å². The number of halogens is 1. The number of ether oxygens (including phenoxy) is 2. The van der Waals surface area contributed by atoms with Gasteiger partial charge in [0.1, 0.15) is 11.6 Å². The SMILES string of the molecule is Fc1ccc(COCOc2ccccc2)cc1. The molecule has 2 nitrogen and oxygen atoms in total. The number of benzene rings is 2. The average molecular weight is 232 g/mol. The van der Waals surface area contributed by atoms with Gasteiger partial charge in [0.25, 0.3) is 0 Å². The summed E-state index contributed by atoms with van der Waals surface area (Å²) in [5.74, 6) is 0.529. The normalized spacial score (nSPS) is 10.2. The second-order valence-electron chi connectivity index (χ2n) is 3.55. The van der Waals surface area contributed by atoms with Crippen molar-refractivity contribution in [3.05, 3.63) is 66.0 Å². The molecule has 0 radical (unpaired) electrons. The molecular formula is C14H13FO2. The van der Waals surface area contributed by atoms with E-state index in [1.165, 1.54) is 12.1 Å². The molecule has 0 aliphatic heterocycles. The van der Waals surface area contributed by atoms with Gasteiger partial charge >= 0.3 is 0 Å². The first-order valence-corrected chi connectivity index (χ1v) is 5.34. The van der Waals surface area contributed by atoms with Gasteiger partial charge in [-0.05, 0) is 29.8 Å². The summed E-state index contributed by atoms with van der Waals surface area (Å²) >= 11 is 0. The highest BCUT2D eigenvalue weighted by Crippen LogP contribution is 2.09. The highest BCUT2D eigenvalue weighted by molar-refractivity contribution is 5.20. The molecule has 0 fully saturated rings. The summed E-state index contributed by atoms with van der Waals surface area (Å²) in [7, 11) is 0. The molecule has 17 heavy (non-hydrogen) atoms. The van der Waals surface area contributed by atoms with Crippen molar-refractivity contribution in [1.29, 1.82) is 0 Å². The van der Waals surface area contributed by atoms with Gasteiger partial charge in [0.05, 0.1) is 6.61 Å². The van der Waals surface area contributed by atoms with Crippen LogP contribution in [0.3, 0.4) is 0 Å². The molecule has 0 N–H and O–H groups in total. The van der Waals surface area contributed by atoms with Crippen LogP contribution >= 0.6 is 0 Å². The smallest absolute Gasteiger partial charge is 0.189 e. The lowest BCUT2D eigenvalue weighted by Crippen LogP contribution is -2.02. The lowest BCUT2D eigenvalue weighted by atomic mass is 10.2. The second kappa shape index (κ2) is 6.01. The second-order valence-corrected chi connectivity index (χ2v) is 3.55. The van der Waals surface area contributed by atoms with Gasteiger partial charge in [0.2, 0.25) is 0 Å². The van der Waals surface area contributed by atoms with Crippen LogP contribution in [0.2, 0.25) is 0 Å². The van der Waals surface area contributed by atoms with Gasteiger partial charge in [-0.1, -0.05) is 30.3 Å². The Balaban J connectivity index is 1.71. The fourth-order valence-corrected chi connectivity index (χ4v) is 1.37. The molecule has 2 rings (SSSR count). The molecule has 0 atom stereocenters. The van der Waals surface area contributed by atoms with E-state index in [0.29, 0.717) is 6.61 Å². The van der Waals surface area contributed by atoms with Crippen molar-refractivity contribution in [2.75, 3.05) is 6.79 Å². The minimum Gasteiger partial charge on any atom is -0.468 e. The molecule has 0 amide bonds. The molecule has 2 aromatic carbocycles. The van der Waals surface area contributed by atoms with E-state index in [9.17, 15) is 4.39 Å². The maximum Gasteiger partial charge on any atom is 0.189 e. The van der Waals surface area contributed by atoms with Gasteiger partial charge in [0, 0.05) is 0 Å². The quantitative estimate of drug-likeness (QED) is 0.581. The monoisotopic (exact) mass is 232 g/mol. The molecule has 0 bridgehead atoms. The van der Waals surface area contributed by atoms with Crippen LogP contribution in [-0.2, 0) is 11.3 Å². The molecule has 0 aromatic heterocycles. The molecule has 88 valence electrons. The Morgan fingerprint density at radius 2 is 1.59 bits per heavy atom. The minimum atomic E-state index is -0.241. The Labute approximate surface area is 99.6 Å². The average Bonchev–Trinajstić information content (AvgIpc) is 2.38. The minimum absolute atomic E-state index is 0.182. The molecule has 0 aliphatic rings. The predicted octanol–water partition coefficient (Wildman–Crippen LogP) is 3.38. The summed E-state index contributed by atoms with van der Waals surface area (Å²) in [5.41, 5.74) is 0.920. The number of hydrogen-bond acceptors (Lipinski definition) is 2. The Morgan fingerprint density at radius 3 is 2.29 bits per heavy atom. The lowest BCUT2D eigenvalue weighted by molar-refractivity contribution is 0.00503. The van der Waals surface area contributed by atoms with E-state index in [-0.39, 0.29) is 12.6 Å². The summed E-state index contributed by atoms with van der Waals surface area (Å²) in [4.78, 5) is 0. The van der Waals surface area contributed by atoms with Crippen LogP contribution in [0.25, 0.3) is 0 Å². The van der Waals surface area contributed by atoms with Crippen molar-refractivity contribution in [3.8, 4) is 5.75 Å². The van der Waals surface area contributed by atoms with Crippen LogP contribution in [0.4, 0.5) is 4.39 Å². The fraction of sp³-hybridized carbons (Fsp3) is 0.143. The summed E-state index contributed by atoms with van der Waals surface area (Å²) in [6.45, 7) is 0.592. The molecule has 0 spiro atoms. The fourth-order valence-electron chi connectivity index (χ4n) is 1.37. The van der Waals surface area contributed by atoms with E-state index in [1.807, 2.05) is 30.3 Å². The Hall–Kier alpha value is -1.87. The van der Waals surface area contributed by atoms with Crippen LogP contribution < -0.4 is 4.74 Å². The van der Waals surface area contributed by atoms with Crippen molar-refractivity contribution in [1.82, 2.24) is 0 Å². The number of para-hydroxylation sites is 1. The van der Waals surface area contributed by atoms with Crippen molar-refractivity contribution >= 4 is 0 Å². The molecule has 0 saturated heterocycles. The van der Waals surface area contributed by atoms with Crippen LogP contribution in [-0.4, -0.2) is 6.79 Å². The van der Waals surface area contributed by atoms with Crippen molar-refractivity contribution in [2.24, 2.45) is 0 Å². The Kier molecular flexibility index (Phi) is 4.11. The molecule has 3 heteroatoms. The van der Waals surface area contributed by atoms with E-state index in [1.54, 1.807) is 12.1 Å². The zero-order valence-electron chi connectivity index (χ0n) is 9.30. The van der Waals surface area contributed by atoms with Gasteiger partial charge in [-0.3, -0.25) is 0 Å². The van der Waals surface area contributed by atoms with Gasteiger partial charge in [-0.15, -0.1) is 0 Å². The number of rotatable bonds is 5. The van der Waals surface area contributed by atoms with E-state index >= 15 is 0 Å². The van der Waals surface area contributed by atoms with Gasteiger partial charge in [-0.25, -0.2) is 4.39 Å². The van der Waals surface area contributed by atoms with Crippen LogP contribution in [0.1, 0.15) is 5.56 Å². The largest absolute Gasteiger partial charge is 0.468 e.